The van der Waals surface area contributed by atoms with Gasteiger partial charge in [0.1, 0.15) is 5.82 Å². The van der Waals surface area contributed by atoms with Gasteiger partial charge in [0.15, 0.2) is 0 Å². The number of anilines is 1. The van der Waals surface area contributed by atoms with Crippen molar-refractivity contribution in [1.29, 1.82) is 0 Å². The van der Waals surface area contributed by atoms with E-state index < -0.39 is 0 Å². The molecule has 31 heavy (non-hydrogen) atoms. The van der Waals surface area contributed by atoms with Gasteiger partial charge in [0.25, 0.3) is 0 Å². The van der Waals surface area contributed by atoms with E-state index in [-0.39, 0.29) is 11.4 Å². The summed E-state index contributed by atoms with van der Waals surface area (Å²) >= 11 is 0. The predicted octanol–water partition coefficient (Wildman–Crippen LogP) is 4.05. The number of H-pyrrole nitrogens is 1. The molecular weight excluding hydrogens is 391 g/mol. The van der Waals surface area contributed by atoms with E-state index in [4.69, 9.17) is 0 Å². The highest BCUT2D eigenvalue weighted by atomic mass is 19.1. The lowest BCUT2D eigenvalue weighted by Crippen LogP contribution is -2.46. The van der Waals surface area contributed by atoms with E-state index in [9.17, 15) is 9.18 Å². The maximum absolute atomic E-state index is 13.2. The third-order valence-electron chi connectivity index (χ3n) is 5.83. The Morgan fingerprint density at radius 2 is 1.71 bits per heavy atom. The fourth-order valence-electron chi connectivity index (χ4n) is 4.21. The van der Waals surface area contributed by atoms with Crippen LogP contribution >= 0.6 is 0 Å². The van der Waals surface area contributed by atoms with Gasteiger partial charge in [0.2, 0.25) is 5.56 Å². The zero-order chi connectivity index (χ0) is 21.2. The number of benzene rings is 2. The van der Waals surface area contributed by atoms with Crippen molar-refractivity contribution in [2.45, 2.75) is 6.54 Å². The Morgan fingerprint density at radius 3 is 2.52 bits per heavy atom. The molecule has 2 aromatic heterocycles. The van der Waals surface area contributed by atoms with Crippen molar-refractivity contribution in [2.24, 2.45) is 0 Å². The number of pyridine rings is 2. The van der Waals surface area contributed by atoms with E-state index in [1.54, 1.807) is 18.2 Å². The van der Waals surface area contributed by atoms with Gasteiger partial charge in [-0.05, 0) is 41.5 Å². The van der Waals surface area contributed by atoms with Crippen LogP contribution in [0.2, 0.25) is 0 Å². The van der Waals surface area contributed by atoms with E-state index in [0.717, 1.165) is 66.0 Å². The molecule has 1 fully saturated rings. The maximum Gasteiger partial charge on any atom is 0.248 e. The highest BCUT2D eigenvalue weighted by Crippen LogP contribution is 2.26. The minimum Gasteiger partial charge on any atom is -0.367 e. The second-order valence-corrected chi connectivity index (χ2v) is 7.92. The number of fused-ring (bicyclic) bond motifs is 1. The molecule has 1 aliphatic rings. The summed E-state index contributed by atoms with van der Waals surface area (Å²) in [5.74, 6) is -0.235. The second kappa shape index (κ2) is 8.32. The summed E-state index contributed by atoms with van der Waals surface area (Å²) in [6.07, 6.45) is 3.71. The summed E-state index contributed by atoms with van der Waals surface area (Å²) < 4.78 is 13.2. The summed E-state index contributed by atoms with van der Waals surface area (Å²) in [4.78, 5) is 23.9. The molecule has 5 rings (SSSR count). The van der Waals surface area contributed by atoms with Crippen molar-refractivity contribution < 1.29 is 4.39 Å². The van der Waals surface area contributed by atoms with Crippen molar-refractivity contribution in [3.63, 3.8) is 0 Å². The molecule has 156 valence electrons. The van der Waals surface area contributed by atoms with Crippen molar-refractivity contribution in [3.05, 3.63) is 94.8 Å². The molecule has 1 saturated heterocycles. The smallest absolute Gasteiger partial charge is 0.248 e. The molecule has 0 bridgehead atoms. The van der Waals surface area contributed by atoms with E-state index in [1.165, 1.54) is 12.1 Å². The van der Waals surface area contributed by atoms with Crippen molar-refractivity contribution in [2.75, 3.05) is 31.1 Å². The number of piperazine rings is 1. The van der Waals surface area contributed by atoms with Crippen LogP contribution in [0.3, 0.4) is 0 Å². The summed E-state index contributed by atoms with van der Waals surface area (Å²) in [7, 11) is 0. The van der Waals surface area contributed by atoms with Gasteiger partial charge in [-0.3, -0.25) is 14.7 Å². The SMILES string of the molecule is O=c1ccc2cccc(N3CCN(Cc4cncc(-c5ccc(F)cc5)c4)CC3)c2[nH]1. The third kappa shape index (κ3) is 4.20. The number of hydrogen-bond acceptors (Lipinski definition) is 4. The number of nitrogens with zero attached hydrogens (tertiary/aromatic N) is 3. The summed E-state index contributed by atoms with van der Waals surface area (Å²) in [6.45, 7) is 4.45. The van der Waals surface area contributed by atoms with E-state index in [1.807, 2.05) is 30.6 Å². The van der Waals surface area contributed by atoms with Crippen LogP contribution in [-0.4, -0.2) is 41.0 Å². The molecule has 6 heteroatoms. The summed E-state index contributed by atoms with van der Waals surface area (Å²) in [6, 6.07) is 18.2. The molecule has 4 aromatic rings. The standard InChI is InChI=1S/C25H23FN4O/c26-22-7-4-19(5-8-22)21-14-18(15-27-16-21)17-29-10-12-30(13-11-29)23-3-1-2-20-6-9-24(31)28-25(20)23/h1-9,14-16H,10-13,17H2,(H,28,31). The van der Waals surface area contributed by atoms with Gasteiger partial charge in [-0.2, -0.15) is 0 Å². The summed E-state index contributed by atoms with van der Waals surface area (Å²) in [5.41, 5.74) is 5.01. The fraction of sp³-hybridized carbons (Fsp3) is 0.200. The van der Waals surface area contributed by atoms with Crippen LogP contribution < -0.4 is 10.5 Å². The van der Waals surface area contributed by atoms with Crippen LogP contribution in [0.15, 0.2) is 77.9 Å². The van der Waals surface area contributed by atoms with Gasteiger partial charge in [0, 0.05) is 62.1 Å². The highest BCUT2D eigenvalue weighted by molar-refractivity contribution is 5.90. The van der Waals surface area contributed by atoms with E-state index in [0.29, 0.717) is 0 Å². The Balaban J connectivity index is 1.28. The predicted molar refractivity (Wildman–Crippen MR) is 122 cm³/mol. The molecule has 0 unspecified atom stereocenters. The zero-order valence-electron chi connectivity index (χ0n) is 17.1. The zero-order valence-corrected chi connectivity index (χ0v) is 17.1. The molecule has 0 radical (unpaired) electrons. The first-order chi connectivity index (χ1) is 15.2. The largest absolute Gasteiger partial charge is 0.367 e. The third-order valence-corrected chi connectivity index (χ3v) is 5.83. The van der Waals surface area contributed by atoms with Crippen LogP contribution in [-0.2, 0) is 6.54 Å². The minimum atomic E-state index is -0.235. The highest BCUT2D eigenvalue weighted by Gasteiger charge is 2.19. The van der Waals surface area contributed by atoms with Crippen LogP contribution in [0.1, 0.15) is 5.56 Å². The molecule has 1 aliphatic heterocycles. The summed E-state index contributed by atoms with van der Waals surface area (Å²) in [5, 5.41) is 1.04. The van der Waals surface area contributed by atoms with E-state index >= 15 is 0 Å². The van der Waals surface area contributed by atoms with Crippen molar-refractivity contribution in [1.82, 2.24) is 14.9 Å². The van der Waals surface area contributed by atoms with Gasteiger partial charge < -0.3 is 9.88 Å². The second-order valence-electron chi connectivity index (χ2n) is 7.92. The lowest BCUT2D eigenvalue weighted by Gasteiger charge is -2.36. The molecule has 3 heterocycles. The Bertz CT molecular complexity index is 1260. The Labute approximate surface area is 179 Å². The average Bonchev–Trinajstić information content (AvgIpc) is 2.80. The quantitative estimate of drug-likeness (QED) is 0.547. The van der Waals surface area contributed by atoms with Gasteiger partial charge in [-0.15, -0.1) is 0 Å². The van der Waals surface area contributed by atoms with Gasteiger partial charge in [-0.25, -0.2) is 4.39 Å². The topological polar surface area (TPSA) is 52.2 Å². The number of halogens is 1. The number of nitrogens with one attached hydrogen (secondary N) is 1. The number of hydrogen-bond donors (Lipinski definition) is 1. The first-order valence-corrected chi connectivity index (χ1v) is 10.4. The number of rotatable bonds is 4. The molecular formula is C25H23FN4O. The van der Waals surface area contributed by atoms with Crippen molar-refractivity contribution >= 4 is 16.6 Å². The molecule has 2 aromatic carbocycles. The van der Waals surface area contributed by atoms with E-state index in [2.05, 4.69) is 31.9 Å². The average molecular weight is 414 g/mol. The Kier molecular flexibility index (Phi) is 5.22. The number of aromatic amines is 1. The molecule has 0 spiro atoms. The van der Waals surface area contributed by atoms with Crippen molar-refractivity contribution in [3.8, 4) is 11.1 Å². The van der Waals surface area contributed by atoms with Crippen LogP contribution in [0, 0.1) is 5.82 Å². The lowest BCUT2D eigenvalue weighted by atomic mass is 10.1. The molecule has 0 aliphatic carbocycles. The first-order valence-electron chi connectivity index (χ1n) is 10.4. The van der Waals surface area contributed by atoms with Crippen LogP contribution in [0.4, 0.5) is 10.1 Å². The normalized spacial score (nSPS) is 14.8. The molecule has 0 saturated carbocycles. The maximum atomic E-state index is 13.2. The monoisotopic (exact) mass is 414 g/mol. The number of aromatic nitrogens is 2. The fourth-order valence-corrected chi connectivity index (χ4v) is 4.21. The molecule has 1 N–H and O–H groups in total. The molecule has 5 nitrogen and oxygen atoms in total. The lowest BCUT2D eigenvalue weighted by molar-refractivity contribution is 0.250. The van der Waals surface area contributed by atoms with Crippen LogP contribution in [0.5, 0.6) is 0 Å². The Hall–Kier alpha value is -3.51. The Morgan fingerprint density at radius 1 is 0.903 bits per heavy atom. The van der Waals surface area contributed by atoms with Gasteiger partial charge in [-0.1, -0.05) is 24.3 Å². The van der Waals surface area contributed by atoms with Gasteiger partial charge >= 0.3 is 0 Å². The first kappa shape index (κ1) is 19.5. The molecule has 0 atom stereocenters. The van der Waals surface area contributed by atoms with Gasteiger partial charge in [0.05, 0.1) is 11.2 Å². The minimum absolute atomic E-state index is 0.0767. The number of para-hydroxylation sites is 1. The molecule has 0 amide bonds. The van der Waals surface area contributed by atoms with Crippen LogP contribution in [0.25, 0.3) is 22.0 Å².